The van der Waals surface area contributed by atoms with Gasteiger partial charge in [-0.05, 0) is 35.9 Å². The number of halogens is 9. The molecular formula is C28H24F9N7O7. The van der Waals surface area contributed by atoms with Crippen LogP contribution in [0.25, 0.3) is 22.0 Å². The van der Waals surface area contributed by atoms with Gasteiger partial charge in [-0.25, -0.2) is 24.4 Å². The number of amides is 1. The van der Waals surface area contributed by atoms with E-state index in [0.717, 1.165) is 59.7 Å². The molecule has 3 heterocycles. The first-order valence-electron chi connectivity index (χ1n) is 13.6. The van der Waals surface area contributed by atoms with Crippen LogP contribution in [0.15, 0.2) is 61.2 Å². The summed E-state index contributed by atoms with van der Waals surface area (Å²) in [6, 6.07) is 13.7. The third-order valence-electron chi connectivity index (χ3n) is 6.25. The van der Waals surface area contributed by atoms with Crippen molar-refractivity contribution in [2.24, 2.45) is 5.73 Å². The van der Waals surface area contributed by atoms with Crippen molar-refractivity contribution in [3.8, 4) is 11.1 Å². The largest absolute Gasteiger partial charge is 0.490 e. The lowest BCUT2D eigenvalue weighted by Gasteiger charge is -2.37. The van der Waals surface area contributed by atoms with Gasteiger partial charge in [0.25, 0.3) is 0 Å². The van der Waals surface area contributed by atoms with Crippen LogP contribution in [0.3, 0.4) is 0 Å². The Balaban J connectivity index is 0.000000352. The molecular weight excluding hydrogens is 717 g/mol. The van der Waals surface area contributed by atoms with E-state index in [2.05, 4.69) is 36.0 Å². The number of hydrogen-bond acceptors (Lipinski definition) is 9. The fourth-order valence-corrected chi connectivity index (χ4v) is 3.92. The van der Waals surface area contributed by atoms with Gasteiger partial charge in [-0.1, -0.05) is 12.1 Å². The van der Waals surface area contributed by atoms with E-state index < -0.39 is 42.3 Å². The number of rotatable bonds is 4. The highest BCUT2D eigenvalue weighted by atomic mass is 19.4. The molecule has 0 saturated carbocycles. The molecule has 276 valence electrons. The second-order valence-corrected chi connectivity index (χ2v) is 9.71. The van der Waals surface area contributed by atoms with Crippen LogP contribution in [-0.2, 0) is 14.4 Å². The molecule has 4 aromatic rings. The third-order valence-corrected chi connectivity index (χ3v) is 6.25. The average molecular weight is 742 g/mol. The number of carbonyl (C=O) groups excluding carboxylic acids is 1. The number of aromatic nitrogens is 4. The zero-order valence-electron chi connectivity index (χ0n) is 25.3. The Kier molecular flexibility index (Phi) is 13.7. The second kappa shape index (κ2) is 17.0. The molecule has 0 spiro atoms. The lowest BCUT2D eigenvalue weighted by Crippen LogP contribution is -2.47. The number of primary amides is 1. The minimum atomic E-state index is -5.08. The molecule has 1 fully saturated rings. The molecule has 2 aromatic heterocycles. The highest BCUT2D eigenvalue weighted by Crippen LogP contribution is 2.29. The summed E-state index contributed by atoms with van der Waals surface area (Å²) in [7, 11) is 0. The van der Waals surface area contributed by atoms with Gasteiger partial charge < -0.3 is 30.9 Å². The summed E-state index contributed by atoms with van der Waals surface area (Å²) < 4.78 is 95.2. The first-order valence-corrected chi connectivity index (χ1v) is 13.6. The number of carboxylic acid groups (broad SMARTS) is 3. The zero-order chi connectivity index (χ0) is 38.7. The normalized spacial score (nSPS) is 13.0. The summed E-state index contributed by atoms with van der Waals surface area (Å²) in [5.41, 5.74) is 10.0. The maximum Gasteiger partial charge on any atom is 0.490 e. The molecule has 23 heteroatoms. The van der Waals surface area contributed by atoms with E-state index in [9.17, 15) is 44.3 Å². The molecule has 51 heavy (non-hydrogen) atoms. The molecule has 2 aromatic carbocycles. The number of anilines is 2. The Morgan fingerprint density at radius 2 is 1.22 bits per heavy atom. The average Bonchev–Trinajstić information content (AvgIpc) is 3.59. The number of hydrogen-bond donors (Lipinski definition) is 5. The molecule has 0 aliphatic carbocycles. The van der Waals surface area contributed by atoms with Crippen LogP contribution in [0.5, 0.6) is 0 Å². The number of fused-ring (bicyclic) bond motifs is 1. The van der Waals surface area contributed by atoms with Crippen LogP contribution in [0.2, 0.25) is 0 Å². The molecule has 1 aliphatic rings. The fourth-order valence-electron chi connectivity index (χ4n) is 3.92. The number of benzene rings is 2. The standard InChI is InChI=1S/C22H21N7O.3C2HF3O2/c23-21(30)16-2-1-3-18(10-16)28-6-8-29(9-7-28)22-19-11-15(17-12-26-27-13-17)4-5-20(19)24-14-25-22;3*3-2(4,5)1(6)7/h1-5,10-14H,6-9H2,(H2,23,30)(H,26,27);3*(H,6,7). The summed E-state index contributed by atoms with van der Waals surface area (Å²) in [4.78, 5) is 51.8. The van der Waals surface area contributed by atoms with Gasteiger partial charge in [0.2, 0.25) is 5.91 Å². The van der Waals surface area contributed by atoms with Crippen LogP contribution < -0.4 is 15.5 Å². The van der Waals surface area contributed by atoms with Gasteiger partial charge in [-0.2, -0.15) is 44.6 Å². The molecule has 1 amide bonds. The Bertz CT molecular complexity index is 1750. The molecule has 1 aliphatic heterocycles. The molecule has 0 unspecified atom stereocenters. The van der Waals surface area contributed by atoms with Crippen LogP contribution in [0.1, 0.15) is 10.4 Å². The van der Waals surface area contributed by atoms with Gasteiger partial charge in [-0.3, -0.25) is 9.89 Å². The maximum atomic E-state index is 11.5. The Labute approximate surface area is 278 Å². The number of piperazine rings is 1. The summed E-state index contributed by atoms with van der Waals surface area (Å²) in [5, 5.41) is 29.3. The number of carboxylic acids is 3. The van der Waals surface area contributed by atoms with E-state index in [0.29, 0.717) is 5.56 Å². The Morgan fingerprint density at radius 3 is 1.67 bits per heavy atom. The first-order chi connectivity index (χ1) is 23.5. The summed E-state index contributed by atoms with van der Waals surface area (Å²) in [6.07, 6.45) is -9.94. The SMILES string of the molecule is NC(=O)c1cccc(N2CCN(c3ncnc4ccc(-c5cn[nH]c5)cc34)CC2)c1.O=C(O)C(F)(F)F.O=C(O)C(F)(F)F.O=C(O)C(F)(F)F. The number of nitrogens with two attached hydrogens (primary N) is 1. The van der Waals surface area contributed by atoms with Crippen molar-refractivity contribution >= 4 is 46.2 Å². The van der Waals surface area contributed by atoms with Gasteiger partial charge in [0.15, 0.2) is 0 Å². The van der Waals surface area contributed by atoms with Crippen molar-refractivity contribution < 1.29 is 74.0 Å². The van der Waals surface area contributed by atoms with E-state index >= 15 is 0 Å². The van der Waals surface area contributed by atoms with Gasteiger partial charge in [0.05, 0.1) is 11.7 Å². The monoisotopic (exact) mass is 741 g/mol. The highest BCUT2D eigenvalue weighted by Gasteiger charge is 2.39. The number of nitrogens with zero attached hydrogens (tertiary/aromatic N) is 5. The molecule has 0 bridgehead atoms. The van der Waals surface area contributed by atoms with Crippen molar-refractivity contribution in [1.82, 2.24) is 20.2 Å². The predicted octanol–water partition coefficient (Wildman–Crippen LogP) is 4.35. The van der Waals surface area contributed by atoms with Crippen LogP contribution in [-0.4, -0.2) is 104 Å². The molecule has 0 radical (unpaired) electrons. The Hall–Kier alpha value is -6.16. The van der Waals surface area contributed by atoms with E-state index in [1.54, 1.807) is 12.4 Å². The molecule has 1 saturated heterocycles. The molecule has 0 atom stereocenters. The Morgan fingerprint density at radius 1 is 0.706 bits per heavy atom. The van der Waals surface area contributed by atoms with E-state index in [4.69, 9.17) is 35.4 Å². The number of aliphatic carboxylic acids is 3. The number of aromatic amines is 1. The van der Waals surface area contributed by atoms with Crippen molar-refractivity contribution in [2.45, 2.75) is 18.5 Å². The fraction of sp³-hybridized carbons (Fsp3) is 0.250. The highest BCUT2D eigenvalue weighted by molar-refractivity contribution is 5.94. The lowest BCUT2D eigenvalue weighted by molar-refractivity contribution is -0.193. The van der Waals surface area contributed by atoms with E-state index in [1.165, 1.54) is 0 Å². The lowest BCUT2D eigenvalue weighted by atomic mass is 10.1. The zero-order valence-corrected chi connectivity index (χ0v) is 25.3. The van der Waals surface area contributed by atoms with Gasteiger partial charge in [0, 0.05) is 54.6 Å². The smallest absolute Gasteiger partial charge is 0.475 e. The molecule has 6 N–H and O–H groups in total. The number of H-pyrrole nitrogens is 1. The van der Waals surface area contributed by atoms with Crippen LogP contribution >= 0.6 is 0 Å². The van der Waals surface area contributed by atoms with Crippen molar-refractivity contribution in [1.29, 1.82) is 0 Å². The van der Waals surface area contributed by atoms with Crippen LogP contribution in [0.4, 0.5) is 51.0 Å². The number of nitrogens with one attached hydrogen (secondary N) is 1. The second-order valence-electron chi connectivity index (χ2n) is 9.71. The summed E-state index contributed by atoms with van der Waals surface area (Å²) in [6.45, 7) is 3.30. The van der Waals surface area contributed by atoms with Gasteiger partial charge >= 0.3 is 36.4 Å². The summed E-state index contributed by atoms with van der Waals surface area (Å²) in [5.74, 6) is -7.74. The molecule has 5 rings (SSSR count). The van der Waals surface area contributed by atoms with Crippen molar-refractivity contribution in [2.75, 3.05) is 36.0 Å². The third kappa shape index (κ3) is 12.7. The van der Waals surface area contributed by atoms with Crippen molar-refractivity contribution in [3.63, 3.8) is 0 Å². The first kappa shape index (κ1) is 41.0. The van der Waals surface area contributed by atoms with E-state index in [-0.39, 0.29) is 0 Å². The van der Waals surface area contributed by atoms with Crippen molar-refractivity contribution in [3.05, 3.63) is 66.7 Å². The number of carbonyl (C=O) groups is 4. The number of alkyl halides is 9. The van der Waals surface area contributed by atoms with Gasteiger partial charge in [0.1, 0.15) is 12.1 Å². The predicted molar refractivity (Wildman–Crippen MR) is 158 cm³/mol. The quantitative estimate of drug-likeness (QED) is 0.185. The minimum Gasteiger partial charge on any atom is -0.475 e. The summed E-state index contributed by atoms with van der Waals surface area (Å²) >= 11 is 0. The topological polar surface area (TPSA) is 216 Å². The minimum absolute atomic E-state index is 0.406. The van der Waals surface area contributed by atoms with E-state index in [1.807, 2.05) is 42.7 Å². The van der Waals surface area contributed by atoms with Crippen LogP contribution in [0, 0.1) is 0 Å². The molecule has 14 nitrogen and oxygen atoms in total. The maximum absolute atomic E-state index is 11.5. The van der Waals surface area contributed by atoms with Gasteiger partial charge in [-0.15, -0.1) is 0 Å².